The monoisotopic (exact) mass is 274 g/mol. The number of rotatable bonds is 3. The molecule has 0 amide bonds. The summed E-state index contributed by atoms with van der Waals surface area (Å²) in [5.74, 6) is 1.49. The first-order chi connectivity index (χ1) is 9.56. The molecule has 0 saturated carbocycles. The van der Waals surface area contributed by atoms with Crippen LogP contribution in [0.3, 0.4) is 0 Å². The number of nitrogens with zero attached hydrogens (tertiary/aromatic N) is 1. The van der Waals surface area contributed by atoms with Crippen LogP contribution in [0.2, 0.25) is 0 Å². The standard InChI is InChI=1S/C16H19FN2O/c1-10-3-6-15(20-10)16(11(2)18)19-8-7-12-4-5-13(17)9-14(12)19/h3-6,9,11,16H,7-8,18H2,1-2H3. The van der Waals surface area contributed by atoms with Crippen LogP contribution in [0.15, 0.2) is 34.7 Å². The summed E-state index contributed by atoms with van der Waals surface area (Å²) in [6.45, 7) is 4.71. The normalized spacial score (nSPS) is 17.1. The molecule has 2 N–H and O–H groups in total. The zero-order valence-electron chi connectivity index (χ0n) is 11.8. The Balaban J connectivity index is 2.01. The van der Waals surface area contributed by atoms with E-state index in [4.69, 9.17) is 10.2 Å². The predicted molar refractivity (Wildman–Crippen MR) is 77.3 cm³/mol. The summed E-state index contributed by atoms with van der Waals surface area (Å²) in [6.07, 6.45) is 0.915. The van der Waals surface area contributed by atoms with Crippen molar-refractivity contribution in [3.63, 3.8) is 0 Å². The minimum atomic E-state index is -0.213. The lowest BCUT2D eigenvalue weighted by atomic mass is 10.1. The number of anilines is 1. The molecule has 3 nitrogen and oxygen atoms in total. The second kappa shape index (κ2) is 4.94. The van der Waals surface area contributed by atoms with Crippen LogP contribution >= 0.6 is 0 Å². The fourth-order valence-electron chi connectivity index (χ4n) is 2.97. The van der Waals surface area contributed by atoms with E-state index >= 15 is 0 Å². The Labute approximate surface area is 118 Å². The van der Waals surface area contributed by atoms with E-state index in [0.29, 0.717) is 0 Å². The van der Waals surface area contributed by atoms with E-state index in [9.17, 15) is 4.39 Å². The molecule has 20 heavy (non-hydrogen) atoms. The summed E-state index contributed by atoms with van der Waals surface area (Å²) >= 11 is 0. The highest BCUT2D eigenvalue weighted by Gasteiger charge is 2.31. The molecule has 1 aromatic heterocycles. The van der Waals surface area contributed by atoms with Crippen LogP contribution < -0.4 is 10.6 Å². The number of benzene rings is 1. The van der Waals surface area contributed by atoms with Gasteiger partial charge >= 0.3 is 0 Å². The molecule has 1 aliphatic rings. The van der Waals surface area contributed by atoms with Crippen molar-refractivity contribution in [1.29, 1.82) is 0 Å². The van der Waals surface area contributed by atoms with Crippen molar-refractivity contribution in [2.75, 3.05) is 11.4 Å². The molecule has 0 spiro atoms. The number of hydrogen-bond acceptors (Lipinski definition) is 3. The summed E-state index contributed by atoms with van der Waals surface area (Å²) in [4.78, 5) is 2.15. The van der Waals surface area contributed by atoms with Gasteiger partial charge in [-0.25, -0.2) is 4.39 Å². The summed E-state index contributed by atoms with van der Waals surface area (Å²) in [6, 6.07) is 8.69. The zero-order chi connectivity index (χ0) is 14.3. The number of aryl methyl sites for hydroxylation is 1. The van der Waals surface area contributed by atoms with Crippen molar-refractivity contribution in [1.82, 2.24) is 0 Å². The molecule has 1 aliphatic heterocycles. The average Bonchev–Trinajstić information content (AvgIpc) is 2.97. The van der Waals surface area contributed by atoms with E-state index in [2.05, 4.69) is 4.90 Å². The maximum atomic E-state index is 13.5. The summed E-state index contributed by atoms with van der Waals surface area (Å²) in [5.41, 5.74) is 8.26. The summed E-state index contributed by atoms with van der Waals surface area (Å²) in [5, 5.41) is 0. The van der Waals surface area contributed by atoms with Gasteiger partial charge in [-0.1, -0.05) is 6.07 Å². The summed E-state index contributed by atoms with van der Waals surface area (Å²) in [7, 11) is 0. The first kappa shape index (κ1) is 13.2. The van der Waals surface area contributed by atoms with Gasteiger partial charge in [-0.2, -0.15) is 0 Å². The number of furan rings is 1. The van der Waals surface area contributed by atoms with E-state index in [1.807, 2.05) is 32.0 Å². The highest BCUT2D eigenvalue weighted by Crippen LogP contribution is 2.37. The van der Waals surface area contributed by atoms with E-state index < -0.39 is 0 Å². The Bertz CT molecular complexity index is 621. The highest BCUT2D eigenvalue weighted by atomic mass is 19.1. The second-order valence-corrected chi connectivity index (χ2v) is 5.47. The van der Waals surface area contributed by atoms with E-state index in [-0.39, 0.29) is 17.9 Å². The molecule has 1 aromatic carbocycles. The smallest absolute Gasteiger partial charge is 0.128 e. The van der Waals surface area contributed by atoms with Crippen LogP contribution in [0.25, 0.3) is 0 Å². The molecule has 0 radical (unpaired) electrons. The van der Waals surface area contributed by atoms with Crippen LogP contribution in [0, 0.1) is 12.7 Å². The molecule has 4 heteroatoms. The minimum absolute atomic E-state index is 0.0632. The first-order valence-corrected chi connectivity index (χ1v) is 6.93. The second-order valence-electron chi connectivity index (χ2n) is 5.47. The Kier molecular flexibility index (Phi) is 3.26. The molecule has 0 aliphatic carbocycles. The van der Waals surface area contributed by atoms with Gasteiger partial charge in [0.15, 0.2) is 0 Å². The number of nitrogens with two attached hydrogens (primary N) is 1. The maximum absolute atomic E-state index is 13.5. The lowest BCUT2D eigenvalue weighted by Crippen LogP contribution is -2.38. The Hall–Kier alpha value is -1.81. The van der Waals surface area contributed by atoms with Crippen LogP contribution in [0.1, 0.15) is 30.0 Å². The van der Waals surface area contributed by atoms with Crippen molar-refractivity contribution in [3.8, 4) is 0 Å². The van der Waals surface area contributed by atoms with Gasteiger partial charge in [0, 0.05) is 18.3 Å². The zero-order valence-corrected chi connectivity index (χ0v) is 11.8. The first-order valence-electron chi connectivity index (χ1n) is 6.93. The van der Waals surface area contributed by atoms with Gasteiger partial charge < -0.3 is 15.1 Å². The molecule has 3 rings (SSSR count). The Morgan fingerprint density at radius 1 is 1.30 bits per heavy atom. The van der Waals surface area contributed by atoms with Gasteiger partial charge in [-0.15, -0.1) is 0 Å². The van der Waals surface area contributed by atoms with Crippen molar-refractivity contribution >= 4 is 5.69 Å². The maximum Gasteiger partial charge on any atom is 0.128 e. The van der Waals surface area contributed by atoms with Crippen LogP contribution in [-0.2, 0) is 6.42 Å². The lowest BCUT2D eigenvalue weighted by molar-refractivity contribution is 0.404. The molecular formula is C16H19FN2O. The van der Waals surface area contributed by atoms with Gasteiger partial charge in [0.05, 0.1) is 0 Å². The topological polar surface area (TPSA) is 42.4 Å². The third kappa shape index (κ3) is 2.20. The predicted octanol–water partition coefficient (Wildman–Crippen LogP) is 3.18. The summed E-state index contributed by atoms with van der Waals surface area (Å²) < 4.78 is 19.3. The number of fused-ring (bicyclic) bond motifs is 1. The average molecular weight is 274 g/mol. The van der Waals surface area contributed by atoms with Gasteiger partial charge in [0.2, 0.25) is 0 Å². The van der Waals surface area contributed by atoms with Crippen LogP contribution in [0.5, 0.6) is 0 Å². The van der Waals surface area contributed by atoms with Gasteiger partial charge in [0.1, 0.15) is 23.4 Å². The molecule has 2 atom stereocenters. The largest absolute Gasteiger partial charge is 0.464 e. The van der Waals surface area contributed by atoms with Crippen LogP contribution in [-0.4, -0.2) is 12.6 Å². The molecule has 106 valence electrons. The van der Waals surface area contributed by atoms with E-state index in [1.165, 1.54) is 11.6 Å². The fraction of sp³-hybridized carbons (Fsp3) is 0.375. The number of hydrogen-bond donors (Lipinski definition) is 1. The molecule has 0 bridgehead atoms. The van der Waals surface area contributed by atoms with Crippen molar-refractivity contribution in [2.45, 2.75) is 32.4 Å². The molecule has 0 saturated heterocycles. The van der Waals surface area contributed by atoms with Gasteiger partial charge in [-0.05, 0) is 50.1 Å². The minimum Gasteiger partial charge on any atom is -0.464 e. The quantitative estimate of drug-likeness (QED) is 0.934. The van der Waals surface area contributed by atoms with E-state index in [1.54, 1.807) is 6.07 Å². The molecular weight excluding hydrogens is 255 g/mol. The van der Waals surface area contributed by atoms with Gasteiger partial charge in [0.25, 0.3) is 0 Å². The van der Waals surface area contributed by atoms with Crippen molar-refractivity contribution < 1.29 is 8.81 Å². The third-order valence-electron chi connectivity index (χ3n) is 3.87. The third-order valence-corrected chi connectivity index (χ3v) is 3.87. The van der Waals surface area contributed by atoms with Crippen LogP contribution in [0.4, 0.5) is 10.1 Å². The molecule has 2 heterocycles. The van der Waals surface area contributed by atoms with Gasteiger partial charge in [-0.3, -0.25) is 0 Å². The van der Waals surface area contributed by atoms with E-state index in [0.717, 1.165) is 30.2 Å². The molecule has 0 fully saturated rings. The SMILES string of the molecule is Cc1ccc(C(C(C)N)N2CCc3ccc(F)cc32)o1. The Morgan fingerprint density at radius 3 is 2.75 bits per heavy atom. The molecule has 2 unspecified atom stereocenters. The lowest BCUT2D eigenvalue weighted by Gasteiger charge is -2.31. The van der Waals surface area contributed by atoms with Crippen molar-refractivity contribution in [2.24, 2.45) is 5.73 Å². The van der Waals surface area contributed by atoms with Crippen molar-refractivity contribution in [3.05, 3.63) is 53.2 Å². The Morgan fingerprint density at radius 2 is 2.10 bits per heavy atom. The molecule has 2 aromatic rings. The fourth-order valence-corrected chi connectivity index (χ4v) is 2.97. The number of halogens is 1. The highest BCUT2D eigenvalue weighted by molar-refractivity contribution is 5.59.